The summed E-state index contributed by atoms with van der Waals surface area (Å²) in [6, 6.07) is 20.9. The number of anilines is 2. The Hall–Kier alpha value is -3.58. The quantitative estimate of drug-likeness (QED) is 0.409. The summed E-state index contributed by atoms with van der Waals surface area (Å²) in [5.41, 5.74) is 5.16. The van der Waals surface area contributed by atoms with Gasteiger partial charge in [-0.1, -0.05) is 31.2 Å². The van der Waals surface area contributed by atoms with Crippen LogP contribution in [0.2, 0.25) is 0 Å². The van der Waals surface area contributed by atoms with E-state index in [4.69, 9.17) is 0 Å². The molecule has 2 N–H and O–H groups in total. The summed E-state index contributed by atoms with van der Waals surface area (Å²) >= 11 is 0. The predicted molar refractivity (Wildman–Crippen MR) is 136 cm³/mol. The highest BCUT2D eigenvalue weighted by Gasteiger charge is 2.23. The number of para-hydroxylation sites is 1. The fourth-order valence-electron chi connectivity index (χ4n) is 4.60. The van der Waals surface area contributed by atoms with Crippen molar-refractivity contribution in [3.8, 4) is 0 Å². The number of amides is 1. The summed E-state index contributed by atoms with van der Waals surface area (Å²) in [6.45, 7) is 2.26. The highest BCUT2D eigenvalue weighted by Crippen LogP contribution is 2.32. The summed E-state index contributed by atoms with van der Waals surface area (Å²) in [5, 5.41) is 3.96. The maximum atomic E-state index is 13.1. The van der Waals surface area contributed by atoms with Crippen LogP contribution in [0.1, 0.15) is 35.0 Å². The van der Waals surface area contributed by atoms with Crippen LogP contribution >= 0.6 is 0 Å². The predicted octanol–water partition coefficient (Wildman–Crippen LogP) is 5.37. The number of fused-ring (bicyclic) bond motifs is 3. The van der Waals surface area contributed by atoms with Crippen molar-refractivity contribution in [3.63, 3.8) is 0 Å². The number of aromatic amines is 1. The SMILES string of the molecule is CC1CCc2[nH]c3ccc(C(=O)Nc4cccc(S(=O)(=O)N(C)c5ccccc5)c4)cc3c2C1. The Morgan fingerprint density at radius 1 is 1.03 bits per heavy atom. The van der Waals surface area contributed by atoms with Gasteiger partial charge in [0, 0.05) is 34.9 Å². The number of nitrogens with zero attached hydrogens (tertiary/aromatic N) is 1. The van der Waals surface area contributed by atoms with Crippen LogP contribution in [0.25, 0.3) is 10.9 Å². The molecule has 0 fully saturated rings. The molecule has 6 nitrogen and oxygen atoms in total. The molecule has 1 unspecified atom stereocenters. The van der Waals surface area contributed by atoms with Crippen LogP contribution < -0.4 is 9.62 Å². The lowest BCUT2D eigenvalue weighted by Gasteiger charge is -2.20. The molecule has 0 bridgehead atoms. The lowest BCUT2D eigenvalue weighted by Crippen LogP contribution is -2.26. The monoisotopic (exact) mass is 473 g/mol. The van der Waals surface area contributed by atoms with Gasteiger partial charge in [0.15, 0.2) is 0 Å². The van der Waals surface area contributed by atoms with Gasteiger partial charge >= 0.3 is 0 Å². The highest BCUT2D eigenvalue weighted by molar-refractivity contribution is 7.92. The van der Waals surface area contributed by atoms with E-state index in [1.54, 1.807) is 42.5 Å². The smallest absolute Gasteiger partial charge is 0.264 e. The Morgan fingerprint density at radius 3 is 2.62 bits per heavy atom. The Balaban J connectivity index is 1.40. The third kappa shape index (κ3) is 4.07. The summed E-state index contributed by atoms with van der Waals surface area (Å²) in [4.78, 5) is 16.7. The third-order valence-electron chi connectivity index (χ3n) is 6.57. The Labute approximate surface area is 199 Å². The lowest BCUT2D eigenvalue weighted by atomic mass is 9.87. The van der Waals surface area contributed by atoms with Gasteiger partial charge in [0.25, 0.3) is 15.9 Å². The van der Waals surface area contributed by atoms with Crippen molar-refractivity contribution in [1.82, 2.24) is 4.98 Å². The average Bonchev–Trinajstić information content (AvgIpc) is 3.21. The molecule has 0 aliphatic heterocycles. The third-order valence-corrected chi connectivity index (χ3v) is 8.35. The normalized spacial score (nSPS) is 15.6. The van der Waals surface area contributed by atoms with Gasteiger partial charge in [-0.05, 0) is 79.3 Å². The number of hydrogen-bond donors (Lipinski definition) is 2. The molecule has 0 saturated carbocycles. The minimum absolute atomic E-state index is 0.112. The summed E-state index contributed by atoms with van der Waals surface area (Å²) in [7, 11) is -2.26. The van der Waals surface area contributed by atoms with Crippen molar-refractivity contribution in [2.24, 2.45) is 5.92 Å². The van der Waals surface area contributed by atoms with Crippen molar-refractivity contribution < 1.29 is 13.2 Å². The van der Waals surface area contributed by atoms with E-state index in [2.05, 4.69) is 17.2 Å². The fraction of sp³-hybridized carbons (Fsp3) is 0.222. The molecule has 7 heteroatoms. The van der Waals surface area contributed by atoms with Gasteiger partial charge in [0.05, 0.1) is 10.6 Å². The topological polar surface area (TPSA) is 82.3 Å². The van der Waals surface area contributed by atoms with Crippen molar-refractivity contribution in [2.45, 2.75) is 31.1 Å². The number of carbonyl (C=O) groups is 1. The van der Waals surface area contributed by atoms with Crippen molar-refractivity contribution in [3.05, 3.63) is 89.6 Å². The first kappa shape index (κ1) is 22.2. The molecule has 1 aliphatic rings. The van der Waals surface area contributed by atoms with E-state index in [0.29, 0.717) is 22.9 Å². The van der Waals surface area contributed by atoms with Gasteiger partial charge in [-0.15, -0.1) is 0 Å². The van der Waals surface area contributed by atoms with Gasteiger partial charge in [0.1, 0.15) is 0 Å². The second-order valence-corrected chi connectivity index (χ2v) is 10.9. The standard InChI is InChI=1S/C27H27N3O3S/c1-18-11-13-25-23(15-18)24-16-19(12-14-26(24)29-25)27(31)28-20-7-6-10-22(17-20)34(32,33)30(2)21-8-4-3-5-9-21/h3-10,12,14,16-18,29H,11,13,15H2,1-2H3,(H,28,31). The number of hydrogen-bond acceptors (Lipinski definition) is 3. The first-order valence-corrected chi connectivity index (χ1v) is 12.9. The molecule has 0 radical (unpaired) electrons. The van der Waals surface area contributed by atoms with Crippen LogP contribution in [0.3, 0.4) is 0 Å². The van der Waals surface area contributed by atoms with Crippen LogP contribution in [-0.4, -0.2) is 26.4 Å². The number of H-pyrrole nitrogens is 1. The van der Waals surface area contributed by atoms with E-state index >= 15 is 0 Å². The molecule has 4 aromatic rings. The van der Waals surface area contributed by atoms with Crippen molar-refractivity contribution in [2.75, 3.05) is 16.7 Å². The minimum Gasteiger partial charge on any atom is -0.358 e. The van der Waals surface area contributed by atoms with Crippen LogP contribution in [0.15, 0.2) is 77.7 Å². The van der Waals surface area contributed by atoms with Crippen molar-refractivity contribution >= 4 is 38.2 Å². The largest absolute Gasteiger partial charge is 0.358 e. The van der Waals surface area contributed by atoms with E-state index < -0.39 is 10.0 Å². The maximum Gasteiger partial charge on any atom is 0.264 e. The zero-order valence-electron chi connectivity index (χ0n) is 19.2. The molecular weight excluding hydrogens is 446 g/mol. The minimum atomic E-state index is -3.77. The molecule has 1 aliphatic carbocycles. The molecule has 34 heavy (non-hydrogen) atoms. The molecule has 3 aromatic carbocycles. The summed E-state index contributed by atoms with van der Waals surface area (Å²) < 4.78 is 27.5. The van der Waals surface area contributed by atoms with Crippen LogP contribution in [0.5, 0.6) is 0 Å². The molecule has 1 aromatic heterocycles. The Bertz CT molecular complexity index is 1480. The van der Waals surface area contributed by atoms with E-state index in [-0.39, 0.29) is 10.8 Å². The first-order valence-electron chi connectivity index (χ1n) is 11.4. The Morgan fingerprint density at radius 2 is 1.82 bits per heavy atom. The van der Waals surface area contributed by atoms with Gasteiger partial charge in [-0.2, -0.15) is 0 Å². The second-order valence-electron chi connectivity index (χ2n) is 8.98. The zero-order chi connectivity index (χ0) is 23.9. The molecule has 174 valence electrons. The lowest BCUT2D eigenvalue weighted by molar-refractivity contribution is 0.102. The average molecular weight is 474 g/mol. The zero-order valence-corrected chi connectivity index (χ0v) is 20.0. The number of sulfonamides is 1. The number of rotatable bonds is 5. The number of aromatic nitrogens is 1. The highest BCUT2D eigenvalue weighted by atomic mass is 32.2. The van der Waals surface area contributed by atoms with E-state index in [1.165, 1.54) is 41.2 Å². The number of aryl methyl sites for hydroxylation is 1. The molecule has 0 spiro atoms. The van der Waals surface area contributed by atoms with Gasteiger partial charge in [-0.25, -0.2) is 8.42 Å². The molecule has 5 rings (SSSR count). The number of nitrogens with one attached hydrogen (secondary N) is 2. The van der Waals surface area contributed by atoms with Crippen LogP contribution in [0.4, 0.5) is 11.4 Å². The molecule has 1 amide bonds. The fourth-order valence-corrected chi connectivity index (χ4v) is 5.85. The first-order chi connectivity index (χ1) is 16.3. The summed E-state index contributed by atoms with van der Waals surface area (Å²) in [6.07, 6.45) is 3.21. The van der Waals surface area contributed by atoms with Crippen LogP contribution in [0, 0.1) is 5.92 Å². The van der Waals surface area contributed by atoms with Crippen LogP contribution in [-0.2, 0) is 22.9 Å². The number of carbonyl (C=O) groups excluding carboxylic acids is 1. The van der Waals surface area contributed by atoms with E-state index in [1.807, 2.05) is 18.2 Å². The van der Waals surface area contributed by atoms with E-state index in [0.717, 1.165) is 23.7 Å². The maximum absolute atomic E-state index is 13.1. The van der Waals surface area contributed by atoms with E-state index in [9.17, 15) is 13.2 Å². The molecule has 1 heterocycles. The number of benzene rings is 3. The Kier molecular flexibility index (Phi) is 5.65. The summed E-state index contributed by atoms with van der Waals surface area (Å²) in [5.74, 6) is 0.356. The second kappa shape index (κ2) is 8.65. The molecule has 1 atom stereocenters. The van der Waals surface area contributed by atoms with Crippen molar-refractivity contribution in [1.29, 1.82) is 0 Å². The van der Waals surface area contributed by atoms with Gasteiger partial charge in [-0.3, -0.25) is 9.10 Å². The molecule has 0 saturated heterocycles. The van der Waals surface area contributed by atoms with Gasteiger partial charge < -0.3 is 10.3 Å². The molecular formula is C27H27N3O3S. The van der Waals surface area contributed by atoms with Gasteiger partial charge in [0.2, 0.25) is 0 Å².